The summed E-state index contributed by atoms with van der Waals surface area (Å²) in [4.78, 5) is 40.9. The van der Waals surface area contributed by atoms with Crippen molar-refractivity contribution in [3.63, 3.8) is 0 Å². The van der Waals surface area contributed by atoms with E-state index in [1.165, 1.54) is 12.3 Å². The van der Waals surface area contributed by atoms with E-state index in [9.17, 15) is 19.7 Å². The number of anilines is 3. The Hall–Kier alpha value is -5.19. The summed E-state index contributed by atoms with van der Waals surface area (Å²) < 4.78 is 10.7. The average molecular weight is 600 g/mol. The second-order valence-electron chi connectivity index (χ2n) is 12.2. The quantitative estimate of drug-likeness (QED) is 0.107. The first-order valence-electron chi connectivity index (χ1n) is 14.0. The highest BCUT2D eigenvalue weighted by Gasteiger charge is 2.22. The second-order valence-corrected chi connectivity index (χ2v) is 12.2. The number of urea groups is 1. The summed E-state index contributed by atoms with van der Waals surface area (Å²) in [7, 11) is 1.55. The third kappa shape index (κ3) is 7.60. The summed E-state index contributed by atoms with van der Waals surface area (Å²) in [6.45, 7) is 11.2. The molecule has 0 saturated carbocycles. The molecule has 11 nitrogen and oxygen atoms in total. The fourth-order valence-electron chi connectivity index (χ4n) is 4.62. The van der Waals surface area contributed by atoms with Crippen molar-refractivity contribution in [2.75, 3.05) is 29.6 Å². The number of aromatic nitrogens is 1. The first kappa shape index (κ1) is 31.7. The number of hydrogen-bond acceptors (Lipinski definition) is 8. The minimum atomic E-state index is -0.686. The van der Waals surface area contributed by atoms with Crippen molar-refractivity contribution < 1.29 is 24.0 Å². The summed E-state index contributed by atoms with van der Waals surface area (Å²) in [6, 6.07) is 17.6. The average Bonchev–Trinajstić information content (AvgIpc) is 2.94. The van der Waals surface area contributed by atoms with Gasteiger partial charge in [0.1, 0.15) is 17.9 Å². The maximum absolute atomic E-state index is 13.2. The zero-order valence-corrected chi connectivity index (χ0v) is 25.9. The lowest BCUT2D eigenvalue weighted by Gasteiger charge is -2.21. The third-order valence-electron chi connectivity index (χ3n) is 6.68. The molecule has 11 heteroatoms. The van der Waals surface area contributed by atoms with Crippen LogP contribution >= 0.6 is 0 Å². The molecule has 0 saturated heterocycles. The first-order chi connectivity index (χ1) is 20.7. The molecule has 230 valence electrons. The molecule has 0 aliphatic rings. The van der Waals surface area contributed by atoms with Gasteiger partial charge >= 0.3 is 17.7 Å². The predicted octanol–water partition coefficient (Wildman–Crippen LogP) is 7.51. The third-order valence-corrected chi connectivity index (χ3v) is 6.68. The number of ether oxygens (including phenoxy) is 2. The van der Waals surface area contributed by atoms with Gasteiger partial charge in [-0.2, -0.15) is 0 Å². The monoisotopic (exact) mass is 599 g/mol. The zero-order valence-electron chi connectivity index (χ0n) is 25.9. The first-order valence-corrected chi connectivity index (χ1v) is 14.0. The van der Waals surface area contributed by atoms with E-state index in [1.807, 2.05) is 42.5 Å². The zero-order chi connectivity index (χ0) is 32.2. The van der Waals surface area contributed by atoms with E-state index in [2.05, 4.69) is 41.7 Å². The summed E-state index contributed by atoms with van der Waals surface area (Å²) in [6.07, 6.45) is 1.50. The van der Waals surface area contributed by atoms with Crippen LogP contribution in [0.3, 0.4) is 0 Å². The van der Waals surface area contributed by atoms with Crippen LogP contribution < -0.4 is 20.7 Å². The van der Waals surface area contributed by atoms with E-state index in [4.69, 9.17) is 9.47 Å². The van der Waals surface area contributed by atoms with E-state index >= 15 is 0 Å². The van der Waals surface area contributed by atoms with Crippen molar-refractivity contribution in [2.45, 2.75) is 52.6 Å². The van der Waals surface area contributed by atoms with Crippen molar-refractivity contribution in [1.29, 1.82) is 0 Å². The van der Waals surface area contributed by atoms with E-state index in [0.717, 1.165) is 16.3 Å². The fourth-order valence-corrected chi connectivity index (χ4v) is 4.62. The van der Waals surface area contributed by atoms with Gasteiger partial charge in [0, 0.05) is 23.2 Å². The van der Waals surface area contributed by atoms with Crippen LogP contribution in [-0.4, -0.2) is 41.2 Å². The smallest absolute Gasteiger partial charge is 0.325 e. The van der Waals surface area contributed by atoms with Gasteiger partial charge in [0.15, 0.2) is 0 Å². The van der Waals surface area contributed by atoms with Gasteiger partial charge in [-0.3, -0.25) is 14.9 Å². The molecule has 1 aromatic heterocycles. The van der Waals surface area contributed by atoms with Crippen molar-refractivity contribution >= 4 is 45.7 Å². The lowest BCUT2D eigenvalue weighted by Crippen LogP contribution is -2.28. The highest BCUT2D eigenvalue weighted by molar-refractivity contribution is 6.10. The predicted molar refractivity (Wildman–Crippen MR) is 173 cm³/mol. The fraction of sp³-hybridized carbons (Fsp3) is 0.303. The summed E-state index contributed by atoms with van der Waals surface area (Å²) in [5, 5.41) is 21.9. The summed E-state index contributed by atoms with van der Waals surface area (Å²) in [5.74, 6) is -0.0718. The molecule has 0 atom stereocenters. The molecule has 3 N–H and O–H groups in total. The number of hydrogen-bond donors (Lipinski definition) is 3. The number of nitrogens with one attached hydrogen (secondary N) is 3. The SMILES string of the molecule is COc1ccc(C(C)(C)C)cc1NC(=O)Nc1ccc(-c2cnc(NCC(=O)OC(C)(C)C)c([N+](=O)[O-])c2)c2ccccc12. The highest BCUT2D eigenvalue weighted by atomic mass is 16.6. The van der Waals surface area contributed by atoms with Crippen LogP contribution in [0.2, 0.25) is 0 Å². The molecule has 0 spiro atoms. The molecular weight excluding hydrogens is 562 g/mol. The number of nitro groups is 1. The Morgan fingerprint density at radius 2 is 1.59 bits per heavy atom. The maximum atomic E-state index is 13.2. The van der Waals surface area contributed by atoms with Crippen LogP contribution in [0.15, 0.2) is 66.9 Å². The molecule has 3 aromatic carbocycles. The Morgan fingerprint density at radius 3 is 2.23 bits per heavy atom. The normalized spacial score (nSPS) is 11.5. The molecule has 0 aliphatic carbocycles. The molecule has 0 radical (unpaired) electrons. The lowest BCUT2D eigenvalue weighted by atomic mass is 9.87. The van der Waals surface area contributed by atoms with Crippen molar-refractivity contribution in [3.8, 4) is 16.9 Å². The molecule has 0 aliphatic heterocycles. The van der Waals surface area contributed by atoms with E-state index in [0.29, 0.717) is 28.3 Å². The van der Waals surface area contributed by atoms with Gasteiger partial charge in [-0.25, -0.2) is 9.78 Å². The molecule has 0 bridgehead atoms. The van der Waals surface area contributed by atoms with Crippen LogP contribution in [-0.2, 0) is 14.9 Å². The van der Waals surface area contributed by atoms with Crippen molar-refractivity contribution in [2.24, 2.45) is 0 Å². The molecule has 4 aromatic rings. The highest BCUT2D eigenvalue weighted by Crippen LogP contribution is 2.36. The van der Waals surface area contributed by atoms with Crippen LogP contribution in [0, 0.1) is 10.1 Å². The number of rotatable bonds is 8. The molecule has 1 heterocycles. The number of fused-ring (bicyclic) bond motifs is 1. The van der Waals surface area contributed by atoms with Gasteiger partial charge in [0.05, 0.1) is 23.4 Å². The van der Waals surface area contributed by atoms with Gasteiger partial charge in [0.25, 0.3) is 0 Å². The van der Waals surface area contributed by atoms with Gasteiger partial charge < -0.3 is 25.4 Å². The summed E-state index contributed by atoms with van der Waals surface area (Å²) >= 11 is 0. The summed E-state index contributed by atoms with van der Waals surface area (Å²) in [5.41, 5.74) is 2.20. The van der Waals surface area contributed by atoms with Gasteiger partial charge in [-0.05, 0) is 60.9 Å². The maximum Gasteiger partial charge on any atom is 0.325 e. The number of esters is 1. The number of benzene rings is 3. The Balaban J connectivity index is 1.61. The number of carbonyl (C=O) groups excluding carboxylic acids is 2. The molecular formula is C33H37N5O6. The Morgan fingerprint density at radius 1 is 0.909 bits per heavy atom. The Bertz CT molecular complexity index is 1720. The number of carbonyl (C=O) groups is 2. The molecule has 0 fully saturated rings. The number of methoxy groups -OCH3 is 1. The van der Waals surface area contributed by atoms with Crippen LogP contribution in [0.4, 0.5) is 27.7 Å². The molecule has 4 rings (SSSR count). The van der Waals surface area contributed by atoms with E-state index in [1.54, 1.807) is 40.0 Å². The van der Waals surface area contributed by atoms with Crippen LogP contribution in [0.1, 0.15) is 47.1 Å². The van der Waals surface area contributed by atoms with Crippen molar-refractivity contribution in [3.05, 3.63) is 82.5 Å². The van der Waals surface area contributed by atoms with E-state index in [-0.39, 0.29) is 23.5 Å². The lowest BCUT2D eigenvalue weighted by molar-refractivity contribution is -0.384. The topological polar surface area (TPSA) is 145 Å². The number of pyridine rings is 1. The van der Waals surface area contributed by atoms with Gasteiger partial charge in [-0.15, -0.1) is 0 Å². The standard InChI is InChI=1S/C33H37N5O6/c1-32(2,3)21-12-15-28(43-7)26(17-21)37-31(40)36-25-14-13-22(23-10-8-9-11-24(23)25)20-16-27(38(41)42)30(34-18-20)35-19-29(39)44-33(4,5)6/h8-18H,19H2,1-7H3,(H,34,35)(H2,36,37,40). The minimum Gasteiger partial charge on any atom is -0.495 e. The van der Waals surface area contributed by atoms with Crippen LogP contribution in [0.5, 0.6) is 5.75 Å². The largest absolute Gasteiger partial charge is 0.495 e. The minimum absolute atomic E-state index is 0.0465. The Labute approximate surface area is 256 Å². The van der Waals surface area contributed by atoms with Gasteiger partial charge in [0.2, 0.25) is 5.82 Å². The Kier molecular flexibility index (Phi) is 9.08. The molecule has 0 unspecified atom stereocenters. The van der Waals surface area contributed by atoms with Crippen LogP contribution in [0.25, 0.3) is 21.9 Å². The van der Waals surface area contributed by atoms with E-state index < -0.39 is 22.5 Å². The van der Waals surface area contributed by atoms with Gasteiger partial charge in [-0.1, -0.05) is 57.2 Å². The number of amides is 2. The second kappa shape index (κ2) is 12.6. The number of nitrogens with zero attached hydrogens (tertiary/aromatic N) is 2. The molecule has 2 amide bonds. The molecule has 44 heavy (non-hydrogen) atoms. The van der Waals surface area contributed by atoms with Crippen molar-refractivity contribution in [1.82, 2.24) is 4.98 Å².